The summed E-state index contributed by atoms with van der Waals surface area (Å²) in [6.45, 7) is 2.56. The van der Waals surface area contributed by atoms with Gasteiger partial charge in [-0.2, -0.15) is 0 Å². The van der Waals surface area contributed by atoms with Crippen LogP contribution in [0.2, 0.25) is 0 Å². The molecule has 0 aliphatic rings. The van der Waals surface area contributed by atoms with E-state index in [2.05, 4.69) is 0 Å². The van der Waals surface area contributed by atoms with Crippen LogP contribution in [-0.4, -0.2) is 37.0 Å². The number of nitrogens with two attached hydrogens (primary N) is 1. The summed E-state index contributed by atoms with van der Waals surface area (Å²) in [7, 11) is 1.70. The first-order valence-corrected chi connectivity index (χ1v) is 6.37. The monoisotopic (exact) mass is 268 g/mol. The van der Waals surface area contributed by atoms with E-state index in [0.717, 1.165) is 0 Å². The van der Waals surface area contributed by atoms with Crippen LogP contribution in [0.25, 0.3) is 0 Å². The van der Waals surface area contributed by atoms with E-state index in [9.17, 15) is 9.18 Å². The number of ether oxygens (including phenoxy) is 1. The van der Waals surface area contributed by atoms with Crippen LogP contribution in [0.3, 0.4) is 0 Å². The third-order valence-corrected chi connectivity index (χ3v) is 2.76. The molecule has 1 rings (SSSR count). The van der Waals surface area contributed by atoms with Crippen molar-refractivity contribution in [2.45, 2.75) is 25.8 Å². The van der Waals surface area contributed by atoms with Crippen molar-refractivity contribution >= 4 is 5.91 Å². The van der Waals surface area contributed by atoms with E-state index >= 15 is 0 Å². The number of hydrogen-bond donors (Lipinski definition) is 1. The molecule has 0 radical (unpaired) electrons. The second-order valence-electron chi connectivity index (χ2n) is 4.61. The standard InChI is InChI=1S/C14H21FN2O2/c1-11(16)7-8-14(18)17(2)9-10-19-13-6-4-3-5-12(13)15/h3-6,11H,7-10,16H2,1-2H3. The van der Waals surface area contributed by atoms with E-state index in [1.807, 2.05) is 6.92 Å². The van der Waals surface area contributed by atoms with Gasteiger partial charge in [0, 0.05) is 19.5 Å². The zero-order chi connectivity index (χ0) is 14.3. The van der Waals surface area contributed by atoms with Crippen molar-refractivity contribution < 1.29 is 13.9 Å². The van der Waals surface area contributed by atoms with Crippen LogP contribution >= 0.6 is 0 Å². The number of carbonyl (C=O) groups is 1. The summed E-state index contributed by atoms with van der Waals surface area (Å²) in [5.41, 5.74) is 5.60. The van der Waals surface area contributed by atoms with Crippen molar-refractivity contribution in [1.29, 1.82) is 0 Å². The average molecular weight is 268 g/mol. The molecule has 0 aliphatic heterocycles. The number of rotatable bonds is 7. The van der Waals surface area contributed by atoms with Gasteiger partial charge in [-0.05, 0) is 25.5 Å². The van der Waals surface area contributed by atoms with E-state index < -0.39 is 5.82 Å². The highest BCUT2D eigenvalue weighted by Gasteiger charge is 2.10. The average Bonchev–Trinajstić information content (AvgIpc) is 2.38. The van der Waals surface area contributed by atoms with Crippen molar-refractivity contribution in [2.24, 2.45) is 5.73 Å². The van der Waals surface area contributed by atoms with E-state index in [1.165, 1.54) is 6.07 Å². The van der Waals surface area contributed by atoms with E-state index in [0.29, 0.717) is 19.4 Å². The van der Waals surface area contributed by atoms with Gasteiger partial charge in [0.1, 0.15) is 6.61 Å². The normalized spacial score (nSPS) is 12.0. The summed E-state index contributed by atoms with van der Waals surface area (Å²) in [5.74, 6) is -0.165. The molecule has 5 heteroatoms. The third-order valence-electron chi connectivity index (χ3n) is 2.76. The summed E-state index contributed by atoms with van der Waals surface area (Å²) in [6.07, 6.45) is 1.09. The van der Waals surface area contributed by atoms with E-state index in [4.69, 9.17) is 10.5 Å². The molecule has 0 saturated heterocycles. The van der Waals surface area contributed by atoms with Gasteiger partial charge in [0.25, 0.3) is 0 Å². The van der Waals surface area contributed by atoms with Gasteiger partial charge in [-0.15, -0.1) is 0 Å². The zero-order valence-corrected chi connectivity index (χ0v) is 11.4. The van der Waals surface area contributed by atoms with Crippen LogP contribution in [0, 0.1) is 5.82 Å². The predicted octanol–water partition coefficient (Wildman–Crippen LogP) is 1.79. The zero-order valence-electron chi connectivity index (χ0n) is 11.4. The van der Waals surface area contributed by atoms with Gasteiger partial charge < -0.3 is 15.4 Å². The maximum atomic E-state index is 13.3. The van der Waals surface area contributed by atoms with Crippen molar-refractivity contribution in [3.05, 3.63) is 30.1 Å². The number of para-hydroxylation sites is 1. The minimum absolute atomic E-state index is 0.0204. The fraction of sp³-hybridized carbons (Fsp3) is 0.500. The molecule has 106 valence electrons. The second-order valence-corrected chi connectivity index (χ2v) is 4.61. The van der Waals surface area contributed by atoms with Gasteiger partial charge >= 0.3 is 0 Å². The number of carbonyl (C=O) groups excluding carboxylic acids is 1. The van der Waals surface area contributed by atoms with E-state index in [-0.39, 0.29) is 24.3 Å². The molecule has 2 N–H and O–H groups in total. The molecule has 19 heavy (non-hydrogen) atoms. The Balaban J connectivity index is 2.29. The Bertz CT molecular complexity index is 410. The van der Waals surface area contributed by atoms with Crippen LogP contribution in [-0.2, 0) is 4.79 Å². The number of benzene rings is 1. The number of halogens is 1. The van der Waals surface area contributed by atoms with Crippen LogP contribution in [0.1, 0.15) is 19.8 Å². The fourth-order valence-corrected chi connectivity index (χ4v) is 1.52. The van der Waals surface area contributed by atoms with Crippen LogP contribution in [0.4, 0.5) is 4.39 Å². The van der Waals surface area contributed by atoms with Gasteiger partial charge in [-0.1, -0.05) is 12.1 Å². The number of hydrogen-bond acceptors (Lipinski definition) is 3. The highest BCUT2D eigenvalue weighted by Crippen LogP contribution is 2.15. The minimum atomic E-state index is -0.395. The quantitative estimate of drug-likeness (QED) is 0.820. The number of amides is 1. The minimum Gasteiger partial charge on any atom is -0.489 e. The van der Waals surface area contributed by atoms with Crippen molar-refractivity contribution in [3.8, 4) is 5.75 Å². The lowest BCUT2D eigenvalue weighted by molar-refractivity contribution is -0.130. The highest BCUT2D eigenvalue weighted by atomic mass is 19.1. The Kier molecular flexibility index (Phi) is 6.29. The molecular formula is C14H21FN2O2. The maximum absolute atomic E-state index is 13.3. The lowest BCUT2D eigenvalue weighted by Gasteiger charge is -2.18. The Morgan fingerprint density at radius 2 is 2.16 bits per heavy atom. The summed E-state index contributed by atoms with van der Waals surface area (Å²) in [6, 6.07) is 6.23. The molecule has 1 unspecified atom stereocenters. The van der Waals surface area contributed by atoms with Gasteiger partial charge in [0.2, 0.25) is 5.91 Å². The third kappa shape index (κ3) is 5.70. The Morgan fingerprint density at radius 3 is 2.79 bits per heavy atom. The lowest BCUT2D eigenvalue weighted by atomic mass is 10.2. The van der Waals surface area contributed by atoms with Gasteiger partial charge in [0.15, 0.2) is 11.6 Å². The molecule has 0 heterocycles. The molecule has 1 atom stereocenters. The maximum Gasteiger partial charge on any atom is 0.222 e. The van der Waals surface area contributed by atoms with Gasteiger partial charge in [-0.25, -0.2) is 4.39 Å². The Labute approximate surface area is 113 Å². The molecule has 0 fully saturated rings. The van der Waals surface area contributed by atoms with Crippen LogP contribution in [0.5, 0.6) is 5.75 Å². The van der Waals surface area contributed by atoms with Gasteiger partial charge in [0.05, 0.1) is 6.54 Å². The predicted molar refractivity (Wildman–Crippen MR) is 72.4 cm³/mol. The first kappa shape index (κ1) is 15.4. The van der Waals surface area contributed by atoms with Crippen molar-refractivity contribution in [2.75, 3.05) is 20.2 Å². The molecule has 0 bridgehead atoms. The Morgan fingerprint density at radius 1 is 1.47 bits per heavy atom. The molecule has 4 nitrogen and oxygen atoms in total. The molecule has 1 aromatic rings. The van der Waals surface area contributed by atoms with Gasteiger partial charge in [-0.3, -0.25) is 4.79 Å². The smallest absolute Gasteiger partial charge is 0.222 e. The topological polar surface area (TPSA) is 55.6 Å². The summed E-state index contributed by atoms with van der Waals surface area (Å²) < 4.78 is 18.6. The number of nitrogens with zero attached hydrogens (tertiary/aromatic N) is 1. The lowest BCUT2D eigenvalue weighted by Crippen LogP contribution is -2.31. The fourth-order valence-electron chi connectivity index (χ4n) is 1.52. The van der Waals surface area contributed by atoms with E-state index in [1.54, 1.807) is 30.1 Å². The van der Waals surface area contributed by atoms with Crippen LogP contribution in [0.15, 0.2) is 24.3 Å². The summed E-state index contributed by atoms with van der Waals surface area (Å²) in [4.78, 5) is 13.3. The molecule has 0 spiro atoms. The second kappa shape index (κ2) is 7.74. The molecule has 0 aliphatic carbocycles. The molecule has 1 aromatic carbocycles. The molecule has 1 amide bonds. The van der Waals surface area contributed by atoms with Crippen LogP contribution < -0.4 is 10.5 Å². The highest BCUT2D eigenvalue weighted by molar-refractivity contribution is 5.75. The molecule has 0 aromatic heterocycles. The van der Waals surface area contributed by atoms with Crippen molar-refractivity contribution in [3.63, 3.8) is 0 Å². The summed E-state index contributed by atoms with van der Waals surface area (Å²) >= 11 is 0. The Hall–Kier alpha value is -1.62. The SMILES string of the molecule is CC(N)CCC(=O)N(C)CCOc1ccccc1F. The number of likely N-dealkylation sites (N-methyl/N-ethyl adjacent to an activating group) is 1. The summed E-state index contributed by atoms with van der Waals surface area (Å²) in [5, 5.41) is 0. The molecule has 0 saturated carbocycles. The first-order valence-electron chi connectivity index (χ1n) is 6.37. The largest absolute Gasteiger partial charge is 0.489 e. The first-order chi connectivity index (χ1) is 9.00. The molecular weight excluding hydrogens is 247 g/mol. The van der Waals surface area contributed by atoms with Crippen molar-refractivity contribution in [1.82, 2.24) is 4.90 Å².